The van der Waals surface area contributed by atoms with Crippen molar-refractivity contribution in [3.8, 4) is 0 Å². The minimum atomic E-state index is -3.61. The highest BCUT2D eigenvalue weighted by Crippen LogP contribution is 2.17. The quantitative estimate of drug-likeness (QED) is 0.374. The molecule has 0 bridgehead atoms. The molecule has 0 amide bonds. The van der Waals surface area contributed by atoms with E-state index in [-0.39, 0.29) is 11.5 Å². The van der Waals surface area contributed by atoms with E-state index in [1.165, 1.54) is 38.5 Å². The van der Waals surface area contributed by atoms with Crippen LogP contribution in [0.15, 0.2) is 29.2 Å². The first-order valence-electron chi connectivity index (χ1n) is 8.92. The van der Waals surface area contributed by atoms with Gasteiger partial charge in [-0.05, 0) is 31.4 Å². The molecule has 1 aromatic carbocycles. The summed E-state index contributed by atoms with van der Waals surface area (Å²) in [6.45, 7) is 6.61. The van der Waals surface area contributed by atoms with Crippen molar-refractivity contribution in [2.45, 2.75) is 77.0 Å². The van der Waals surface area contributed by atoms with Gasteiger partial charge < -0.3 is 0 Å². The summed E-state index contributed by atoms with van der Waals surface area (Å²) in [5.74, 6) is 0.509. The maximum absolute atomic E-state index is 12.1. The van der Waals surface area contributed by atoms with Crippen LogP contribution in [-0.2, 0) is 14.3 Å². The lowest BCUT2D eigenvalue weighted by atomic mass is 9.99. The molecule has 0 aliphatic heterocycles. The fourth-order valence-electron chi connectivity index (χ4n) is 2.55. The lowest BCUT2D eigenvalue weighted by Crippen LogP contribution is -2.10. The van der Waals surface area contributed by atoms with Gasteiger partial charge in [-0.25, -0.2) is 0 Å². The van der Waals surface area contributed by atoms with Crippen molar-refractivity contribution in [1.29, 1.82) is 0 Å². The lowest BCUT2D eigenvalue weighted by molar-refractivity contribution is 0.280. The number of hydrogen-bond donors (Lipinski definition) is 0. The van der Waals surface area contributed by atoms with Gasteiger partial charge in [-0.3, -0.25) is 4.18 Å². The van der Waals surface area contributed by atoms with E-state index in [9.17, 15) is 8.42 Å². The number of unbranched alkanes of at least 4 members (excludes halogenated alkanes) is 5. The van der Waals surface area contributed by atoms with Crippen molar-refractivity contribution < 1.29 is 12.6 Å². The van der Waals surface area contributed by atoms with E-state index in [1.54, 1.807) is 24.3 Å². The lowest BCUT2D eigenvalue weighted by Gasteiger charge is -2.11. The van der Waals surface area contributed by atoms with Crippen LogP contribution in [0.25, 0.3) is 0 Å². The Morgan fingerprint density at radius 3 is 2.22 bits per heavy atom. The van der Waals surface area contributed by atoms with Crippen molar-refractivity contribution in [2.75, 3.05) is 6.61 Å². The van der Waals surface area contributed by atoms with Gasteiger partial charge in [-0.1, -0.05) is 76.5 Å². The molecule has 3 nitrogen and oxygen atoms in total. The molecule has 0 radical (unpaired) electrons. The molecule has 0 saturated carbocycles. The highest BCUT2D eigenvalue weighted by molar-refractivity contribution is 7.86. The maximum atomic E-state index is 12.1. The highest BCUT2D eigenvalue weighted by atomic mass is 32.2. The molecular formula is C19H32O3S. The number of rotatable bonds is 12. The fraction of sp³-hybridized carbons (Fsp3) is 0.684. The Morgan fingerprint density at radius 1 is 0.957 bits per heavy atom. The Balaban J connectivity index is 2.21. The molecule has 1 rings (SSSR count). The zero-order valence-electron chi connectivity index (χ0n) is 14.9. The molecule has 0 N–H and O–H groups in total. The van der Waals surface area contributed by atoms with Crippen molar-refractivity contribution in [3.05, 3.63) is 29.8 Å². The molecule has 1 atom stereocenters. The van der Waals surface area contributed by atoms with Crippen LogP contribution in [0.2, 0.25) is 0 Å². The Hall–Kier alpha value is -0.870. The Kier molecular flexibility index (Phi) is 9.49. The third-order valence-electron chi connectivity index (χ3n) is 4.21. The van der Waals surface area contributed by atoms with Crippen LogP contribution in [0.1, 0.15) is 70.8 Å². The third kappa shape index (κ3) is 8.52. The molecule has 0 heterocycles. The first-order valence-corrected chi connectivity index (χ1v) is 10.3. The Labute approximate surface area is 142 Å². The molecule has 0 unspecified atom stereocenters. The normalized spacial score (nSPS) is 13.2. The van der Waals surface area contributed by atoms with Gasteiger partial charge in [0.15, 0.2) is 0 Å². The molecule has 0 spiro atoms. The van der Waals surface area contributed by atoms with E-state index in [0.29, 0.717) is 5.92 Å². The first-order chi connectivity index (χ1) is 11.0. The van der Waals surface area contributed by atoms with Gasteiger partial charge in [0.05, 0.1) is 11.5 Å². The topological polar surface area (TPSA) is 43.4 Å². The first kappa shape index (κ1) is 20.2. The summed E-state index contributed by atoms with van der Waals surface area (Å²) >= 11 is 0. The summed E-state index contributed by atoms with van der Waals surface area (Å²) in [4.78, 5) is 0.242. The van der Waals surface area contributed by atoms with E-state index < -0.39 is 10.1 Å². The van der Waals surface area contributed by atoms with E-state index in [2.05, 4.69) is 13.8 Å². The van der Waals surface area contributed by atoms with Gasteiger partial charge in [0, 0.05) is 0 Å². The second kappa shape index (κ2) is 10.8. The van der Waals surface area contributed by atoms with Crippen LogP contribution in [0.5, 0.6) is 0 Å². The Bertz CT molecular complexity index is 520. The average Bonchev–Trinajstić information content (AvgIpc) is 2.51. The molecule has 0 saturated heterocycles. The van der Waals surface area contributed by atoms with Crippen molar-refractivity contribution in [3.63, 3.8) is 0 Å². The van der Waals surface area contributed by atoms with Gasteiger partial charge in [0.25, 0.3) is 10.1 Å². The van der Waals surface area contributed by atoms with E-state index in [1.807, 2.05) is 6.92 Å². The van der Waals surface area contributed by atoms with Gasteiger partial charge in [-0.2, -0.15) is 8.42 Å². The van der Waals surface area contributed by atoms with Crippen LogP contribution in [-0.4, -0.2) is 15.0 Å². The van der Waals surface area contributed by atoms with Crippen LogP contribution < -0.4 is 0 Å². The van der Waals surface area contributed by atoms with Gasteiger partial charge in [-0.15, -0.1) is 0 Å². The molecule has 4 heteroatoms. The molecule has 23 heavy (non-hydrogen) atoms. The maximum Gasteiger partial charge on any atom is 0.296 e. The molecule has 0 aliphatic carbocycles. The molecular weight excluding hydrogens is 308 g/mol. The minimum absolute atomic E-state index is 0.242. The minimum Gasteiger partial charge on any atom is -0.266 e. The SMILES string of the molecule is CCCCCCCC[C@H](C)CCOS(=O)(=O)c1ccc(C)cc1. The predicted octanol–water partition coefficient (Wildman–Crippen LogP) is 5.48. The van der Waals surface area contributed by atoms with Gasteiger partial charge >= 0.3 is 0 Å². The molecule has 132 valence electrons. The van der Waals surface area contributed by atoms with E-state index >= 15 is 0 Å². The smallest absolute Gasteiger partial charge is 0.266 e. The summed E-state index contributed by atoms with van der Waals surface area (Å²) < 4.78 is 29.3. The summed E-state index contributed by atoms with van der Waals surface area (Å²) in [5.41, 5.74) is 1.04. The van der Waals surface area contributed by atoms with Gasteiger partial charge in [0.2, 0.25) is 0 Å². The van der Waals surface area contributed by atoms with Gasteiger partial charge in [0.1, 0.15) is 0 Å². The number of aryl methyl sites for hydroxylation is 1. The molecule has 0 fully saturated rings. The van der Waals surface area contributed by atoms with Crippen LogP contribution in [0.3, 0.4) is 0 Å². The largest absolute Gasteiger partial charge is 0.296 e. The van der Waals surface area contributed by atoms with Crippen molar-refractivity contribution in [2.24, 2.45) is 5.92 Å². The Morgan fingerprint density at radius 2 is 1.57 bits per heavy atom. The second-order valence-electron chi connectivity index (χ2n) is 6.54. The third-order valence-corrected chi connectivity index (χ3v) is 5.54. The standard InChI is InChI=1S/C19H32O3S/c1-4-5-6-7-8-9-10-17(2)15-16-22-23(20,21)19-13-11-18(3)12-14-19/h11-14,17H,4-10,15-16H2,1-3H3/t17-/m0/s1. The molecule has 0 aromatic heterocycles. The second-order valence-corrected chi connectivity index (χ2v) is 8.15. The summed E-state index contributed by atoms with van der Waals surface area (Å²) in [5, 5.41) is 0. The fourth-order valence-corrected chi connectivity index (χ4v) is 3.47. The molecule has 0 aliphatic rings. The van der Waals surface area contributed by atoms with E-state index in [4.69, 9.17) is 4.18 Å². The molecule has 1 aromatic rings. The summed E-state index contributed by atoms with van der Waals surface area (Å²) in [6.07, 6.45) is 9.73. The van der Waals surface area contributed by atoms with Crippen LogP contribution in [0.4, 0.5) is 0 Å². The van der Waals surface area contributed by atoms with Crippen LogP contribution >= 0.6 is 0 Å². The van der Waals surface area contributed by atoms with Crippen molar-refractivity contribution in [1.82, 2.24) is 0 Å². The van der Waals surface area contributed by atoms with Crippen molar-refractivity contribution >= 4 is 10.1 Å². The highest BCUT2D eigenvalue weighted by Gasteiger charge is 2.15. The average molecular weight is 341 g/mol. The zero-order chi connectivity index (χ0) is 17.1. The number of hydrogen-bond acceptors (Lipinski definition) is 3. The monoisotopic (exact) mass is 340 g/mol. The number of benzene rings is 1. The zero-order valence-corrected chi connectivity index (χ0v) is 15.7. The summed E-state index contributed by atoms with van der Waals surface area (Å²) in [7, 11) is -3.61. The summed E-state index contributed by atoms with van der Waals surface area (Å²) in [6, 6.07) is 6.78. The van der Waals surface area contributed by atoms with E-state index in [0.717, 1.165) is 18.4 Å². The predicted molar refractivity (Wildman–Crippen MR) is 96.1 cm³/mol. The van der Waals surface area contributed by atoms with Crippen LogP contribution in [0, 0.1) is 12.8 Å².